The van der Waals surface area contributed by atoms with Crippen LogP contribution in [0.1, 0.15) is 12.8 Å². The van der Waals surface area contributed by atoms with Crippen LogP contribution in [0, 0.1) is 0 Å². The van der Waals surface area contributed by atoms with Crippen molar-refractivity contribution < 1.29 is 8.76 Å². The van der Waals surface area contributed by atoms with Gasteiger partial charge in [0, 0.05) is 23.9 Å². The first-order valence-corrected chi connectivity index (χ1v) is 4.42. The summed E-state index contributed by atoms with van der Waals surface area (Å²) in [6.07, 6.45) is 2.00. The smallest absolute Gasteiger partial charge is 0.0309 e. The van der Waals surface area contributed by atoms with Gasteiger partial charge in [0.05, 0.1) is 0 Å². The van der Waals surface area contributed by atoms with Crippen molar-refractivity contribution in [2.75, 3.05) is 13.1 Å². The molecule has 1 rings (SSSR count). The normalized spacial score (nSPS) is 29.9. The molecular weight excluding hydrogens is 152 g/mol. The van der Waals surface area contributed by atoms with Crippen molar-refractivity contribution in [1.29, 1.82) is 0 Å². The van der Waals surface area contributed by atoms with Crippen LogP contribution in [-0.4, -0.2) is 27.9 Å². The quantitative estimate of drug-likeness (QED) is 0.520. The highest BCUT2D eigenvalue weighted by Gasteiger charge is 2.11. The molecule has 2 atom stereocenters. The van der Waals surface area contributed by atoms with Crippen LogP contribution in [0.15, 0.2) is 0 Å². The van der Waals surface area contributed by atoms with Crippen molar-refractivity contribution in [2.45, 2.75) is 18.9 Å². The van der Waals surface area contributed by atoms with Gasteiger partial charge in [-0.25, -0.2) is 4.72 Å². The van der Waals surface area contributed by atoms with Gasteiger partial charge in [0.1, 0.15) is 0 Å². The van der Waals surface area contributed by atoms with Gasteiger partial charge in [0.2, 0.25) is 0 Å². The maximum absolute atomic E-state index is 10.1. The van der Waals surface area contributed by atoms with Gasteiger partial charge in [-0.1, -0.05) is 0 Å². The molecule has 0 radical (unpaired) electrons. The minimum absolute atomic E-state index is 0.104. The average Bonchev–Trinajstić information content (AvgIpc) is 1.88. The van der Waals surface area contributed by atoms with Crippen molar-refractivity contribution in [3.05, 3.63) is 0 Å². The van der Waals surface area contributed by atoms with Crippen molar-refractivity contribution in [1.82, 2.24) is 10.0 Å². The van der Waals surface area contributed by atoms with E-state index in [1.165, 1.54) is 0 Å². The van der Waals surface area contributed by atoms with Gasteiger partial charge in [-0.2, -0.15) is 0 Å². The third-order valence-corrected chi connectivity index (χ3v) is 2.09. The van der Waals surface area contributed by atoms with Crippen LogP contribution in [0.3, 0.4) is 0 Å². The van der Waals surface area contributed by atoms with E-state index in [1.54, 1.807) is 0 Å². The molecule has 1 saturated heterocycles. The molecule has 0 amide bonds. The Morgan fingerprint density at radius 3 is 3.00 bits per heavy atom. The number of rotatable bonds is 2. The maximum atomic E-state index is 10.1. The Hall–Kier alpha value is 0.0300. The van der Waals surface area contributed by atoms with Crippen molar-refractivity contribution in [3.8, 4) is 0 Å². The molecule has 0 aromatic heterocycles. The first kappa shape index (κ1) is 8.13. The monoisotopic (exact) mass is 163 g/mol. The lowest BCUT2D eigenvalue weighted by Crippen LogP contribution is -2.43. The van der Waals surface area contributed by atoms with Crippen LogP contribution in [-0.2, 0) is 11.3 Å². The molecule has 0 aliphatic carbocycles. The molecule has 0 saturated carbocycles. The molecule has 1 fully saturated rings. The average molecular weight is 163 g/mol. The molecule has 5 heteroatoms. The lowest BCUT2D eigenvalue weighted by Gasteiger charge is -2.24. The first-order chi connectivity index (χ1) is 4.79. The van der Waals surface area contributed by atoms with Gasteiger partial charge in [-0.3, -0.25) is 4.21 Å². The van der Waals surface area contributed by atoms with E-state index in [0.717, 1.165) is 25.9 Å². The molecule has 0 bridgehead atoms. The van der Waals surface area contributed by atoms with E-state index in [9.17, 15) is 8.76 Å². The number of hydrogen-bond donors (Lipinski definition) is 2. The minimum atomic E-state index is -2.10. The third kappa shape index (κ3) is 2.74. The number of hydrogen-bond acceptors (Lipinski definition) is 3. The fraction of sp³-hybridized carbons (Fsp3) is 1.00. The fourth-order valence-corrected chi connectivity index (χ4v) is 1.56. The van der Waals surface area contributed by atoms with Gasteiger partial charge in [0.15, 0.2) is 0 Å². The summed E-state index contributed by atoms with van der Waals surface area (Å²) < 4.78 is 22.7. The molecule has 1 aliphatic heterocycles. The van der Waals surface area contributed by atoms with E-state index in [1.807, 2.05) is 0 Å². The minimum Gasteiger partial charge on any atom is -0.760 e. The van der Waals surface area contributed by atoms with Gasteiger partial charge < -0.3 is 9.87 Å². The van der Waals surface area contributed by atoms with E-state index in [-0.39, 0.29) is 6.04 Å². The lowest BCUT2D eigenvalue weighted by molar-refractivity contribution is 0.420. The van der Waals surface area contributed by atoms with Crippen molar-refractivity contribution in [3.63, 3.8) is 0 Å². The molecule has 60 valence electrons. The summed E-state index contributed by atoms with van der Waals surface area (Å²) in [6.45, 7) is 1.76. The fourth-order valence-electron chi connectivity index (χ4n) is 1.09. The Balaban J connectivity index is 2.19. The molecule has 1 aliphatic rings. The van der Waals surface area contributed by atoms with Crippen molar-refractivity contribution in [2.24, 2.45) is 0 Å². The highest BCUT2D eigenvalue weighted by Crippen LogP contribution is 2.00. The Labute approximate surface area is 62.8 Å². The second-order valence-corrected chi connectivity index (χ2v) is 3.10. The zero-order valence-electron chi connectivity index (χ0n) is 5.63. The Bertz CT molecular complexity index is 125. The van der Waals surface area contributed by atoms with Crippen LogP contribution in [0.4, 0.5) is 0 Å². The van der Waals surface area contributed by atoms with Gasteiger partial charge in [-0.05, 0) is 19.4 Å². The summed E-state index contributed by atoms with van der Waals surface area (Å²) in [5.41, 5.74) is 0. The summed E-state index contributed by atoms with van der Waals surface area (Å²) in [5, 5.41) is 3.10. The van der Waals surface area contributed by atoms with E-state index in [2.05, 4.69) is 10.0 Å². The standard InChI is InChI=1S/C5H12N2O2S/c8-10(9)7-5-2-1-3-6-4-5/h5-7H,1-4H2,(H,8,9)/p-1. The topological polar surface area (TPSA) is 64.2 Å². The molecule has 0 spiro atoms. The second-order valence-electron chi connectivity index (χ2n) is 2.40. The first-order valence-electron chi connectivity index (χ1n) is 3.35. The largest absolute Gasteiger partial charge is 0.760 e. The highest BCUT2D eigenvalue weighted by atomic mass is 32.2. The Morgan fingerprint density at radius 2 is 2.50 bits per heavy atom. The summed E-state index contributed by atoms with van der Waals surface area (Å²) in [7, 11) is 0. The third-order valence-electron chi connectivity index (χ3n) is 1.56. The van der Waals surface area contributed by atoms with Gasteiger partial charge in [-0.15, -0.1) is 0 Å². The van der Waals surface area contributed by atoms with Gasteiger partial charge in [0.25, 0.3) is 0 Å². The summed E-state index contributed by atoms with van der Waals surface area (Å²) >= 11 is -2.10. The molecule has 0 aromatic carbocycles. The van der Waals surface area contributed by atoms with Gasteiger partial charge >= 0.3 is 0 Å². The number of nitrogens with one attached hydrogen (secondary N) is 2. The summed E-state index contributed by atoms with van der Waals surface area (Å²) in [4.78, 5) is 0. The summed E-state index contributed by atoms with van der Waals surface area (Å²) in [5.74, 6) is 0. The lowest BCUT2D eigenvalue weighted by atomic mass is 10.1. The molecule has 2 unspecified atom stereocenters. The molecule has 2 N–H and O–H groups in total. The van der Waals surface area contributed by atoms with E-state index in [0.29, 0.717) is 0 Å². The zero-order chi connectivity index (χ0) is 7.40. The highest BCUT2D eigenvalue weighted by molar-refractivity contribution is 7.77. The van der Waals surface area contributed by atoms with Crippen molar-refractivity contribution >= 4 is 11.3 Å². The Morgan fingerprint density at radius 1 is 1.70 bits per heavy atom. The Kier molecular flexibility index (Phi) is 3.27. The zero-order valence-corrected chi connectivity index (χ0v) is 6.45. The van der Waals surface area contributed by atoms with Crippen LogP contribution >= 0.6 is 0 Å². The molecule has 4 nitrogen and oxygen atoms in total. The second kappa shape index (κ2) is 4.02. The van der Waals surface area contributed by atoms with Crippen LogP contribution in [0.5, 0.6) is 0 Å². The summed E-state index contributed by atoms with van der Waals surface area (Å²) in [6, 6.07) is 0.104. The predicted molar refractivity (Wildman–Crippen MR) is 37.9 cm³/mol. The molecular formula is C5H11N2O2S-. The predicted octanol–water partition coefficient (Wildman–Crippen LogP) is -0.878. The van der Waals surface area contributed by atoms with E-state index < -0.39 is 11.3 Å². The van der Waals surface area contributed by atoms with E-state index >= 15 is 0 Å². The number of piperidine rings is 1. The van der Waals surface area contributed by atoms with Crippen LogP contribution < -0.4 is 10.0 Å². The van der Waals surface area contributed by atoms with Crippen LogP contribution in [0.25, 0.3) is 0 Å². The molecule has 1 heterocycles. The van der Waals surface area contributed by atoms with E-state index in [4.69, 9.17) is 0 Å². The molecule has 10 heavy (non-hydrogen) atoms. The SMILES string of the molecule is O=S([O-])NC1CCCNC1. The van der Waals surface area contributed by atoms with Crippen LogP contribution in [0.2, 0.25) is 0 Å². The molecule has 0 aromatic rings. The maximum Gasteiger partial charge on any atom is 0.0309 e.